The number of anilines is 1. The second kappa shape index (κ2) is 10.2. The number of carbonyl (C=O) groups excluding carboxylic acids is 2. The molecular formula is C20H31NO5. The number of ether oxygens (including phenoxy) is 3. The van der Waals surface area contributed by atoms with E-state index in [0.717, 1.165) is 6.42 Å². The van der Waals surface area contributed by atoms with Crippen LogP contribution in [0.4, 0.5) is 5.69 Å². The number of methoxy groups -OCH3 is 1. The van der Waals surface area contributed by atoms with Gasteiger partial charge in [0.05, 0.1) is 13.7 Å². The van der Waals surface area contributed by atoms with Crippen molar-refractivity contribution in [2.75, 3.05) is 25.6 Å². The summed E-state index contributed by atoms with van der Waals surface area (Å²) < 4.78 is 16.2. The zero-order valence-corrected chi connectivity index (χ0v) is 16.7. The van der Waals surface area contributed by atoms with E-state index in [9.17, 15) is 9.59 Å². The molecule has 0 aliphatic carbocycles. The van der Waals surface area contributed by atoms with Crippen LogP contribution in [0.5, 0.6) is 5.75 Å². The highest BCUT2D eigenvalue weighted by molar-refractivity contribution is 5.99. The standard InChI is InChI=1S/C20H31NO5/c1-7-11-20(5,26-8-2)19(23)21-15-9-10-17(25-13-14(3)4)16(12-15)18(22)24-6/h9-10,12,14H,7-8,11,13H2,1-6H3,(H,21,23)/t20-/m0/s1. The van der Waals surface area contributed by atoms with Crippen molar-refractivity contribution in [1.29, 1.82) is 0 Å². The van der Waals surface area contributed by atoms with E-state index in [1.807, 2.05) is 27.7 Å². The lowest BCUT2D eigenvalue weighted by molar-refractivity contribution is -0.139. The summed E-state index contributed by atoms with van der Waals surface area (Å²) in [5, 5.41) is 2.84. The molecule has 1 N–H and O–H groups in total. The maximum absolute atomic E-state index is 12.7. The van der Waals surface area contributed by atoms with E-state index in [4.69, 9.17) is 14.2 Å². The lowest BCUT2D eigenvalue weighted by Gasteiger charge is -2.28. The van der Waals surface area contributed by atoms with Gasteiger partial charge in [-0.2, -0.15) is 0 Å². The summed E-state index contributed by atoms with van der Waals surface area (Å²) >= 11 is 0. The van der Waals surface area contributed by atoms with Gasteiger partial charge in [0.2, 0.25) is 0 Å². The van der Waals surface area contributed by atoms with Crippen LogP contribution in [0.2, 0.25) is 0 Å². The molecule has 0 saturated heterocycles. The quantitative estimate of drug-likeness (QED) is 0.633. The molecule has 0 aromatic heterocycles. The normalized spacial score (nSPS) is 13.2. The minimum Gasteiger partial charge on any atom is -0.492 e. The van der Waals surface area contributed by atoms with Gasteiger partial charge in [0.15, 0.2) is 0 Å². The summed E-state index contributed by atoms with van der Waals surface area (Å²) in [5.74, 6) is -0.000606. The number of esters is 1. The van der Waals surface area contributed by atoms with Gasteiger partial charge in [0.1, 0.15) is 16.9 Å². The molecule has 1 aromatic carbocycles. The zero-order chi connectivity index (χ0) is 19.7. The second-order valence-corrected chi connectivity index (χ2v) is 6.78. The van der Waals surface area contributed by atoms with Gasteiger partial charge >= 0.3 is 5.97 Å². The molecule has 0 radical (unpaired) electrons. The van der Waals surface area contributed by atoms with E-state index in [0.29, 0.717) is 37.0 Å². The van der Waals surface area contributed by atoms with Gasteiger partial charge in [-0.1, -0.05) is 27.2 Å². The van der Waals surface area contributed by atoms with Crippen molar-refractivity contribution in [3.63, 3.8) is 0 Å². The highest BCUT2D eigenvalue weighted by Crippen LogP contribution is 2.26. The number of benzene rings is 1. The highest BCUT2D eigenvalue weighted by Gasteiger charge is 2.33. The van der Waals surface area contributed by atoms with Crippen LogP contribution in [0.25, 0.3) is 0 Å². The van der Waals surface area contributed by atoms with Crippen LogP contribution >= 0.6 is 0 Å². The third kappa shape index (κ3) is 6.02. The van der Waals surface area contributed by atoms with Crippen LogP contribution in [0.3, 0.4) is 0 Å². The number of amides is 1. The molecule has 0 heterocycles. The highest BCUT2D eigenvalue weighted by atomic mass is 16.5. The van der Waals surface area contributed by atoms with Gasteiger partial charge in [0.25, 0.3) is 5.91 Å². The Morgan fingerprint density at radius 3 is 2.46 bits per heavy atom. The fourth-order valence-corrected chi connectivity index (χ4v) is 2.57. The monoisotopic (exact) mass is 365 g/mol. The topological polar surface area (TPSA) is 73.9 Å². The van der Waals surface area contributed by atoms with Crippen molar-refractivity contribution >= 4 is 17.6 Å². The van der Waals surface area contributed by atoms with E-state index in [-0.39, 0.29) is 11.5 Å². The van der Waals surface area contributed by atoms with Gasteiger partial charge in [-0.25, -0.2) is 4.79 Å². The zero-order valence-electron chi connectivity index (χ0n) is 16.7. The average molecular weight is 365 g/mol. The largest absolute Gasteiger partial charge is 0.492 e. The molecular weight excluding hydrogens is 334 g/mol. The fourth-order valence-electron chi connectivity index (χ4n) is 2.57. The molecule has 1 aromatic rings. The first-order valence-corrected chi connectivity index (χ1v) is 9.07. The number of hydrogen-bond donors (Lipinski definition) is 1. The van der Waals surface area contributed by atoms with Gasteiger partial charge < -0.3 is 19.5 Å². The van der Waals surface area contributed by atoms with E-state index in [1.54, 1.807) is 25.1 Å². The summed E-state index contributed by atoms with van der Waals surface area (Å²) in [5.41, 5.74) is -0.143. The fraction of sp³-hybridized carbons (Fsp3) is 0.600. The molecule has 1 rings (SSSR count). The minimum absolute atomic E-state index is 0.243. The van der Waals surface area contributed by atoms with Crippen LogP contribution < -0.4 is 10.1 Å². The van der Waals surface area contributed by atoms with Crippen molar-refractivity contribution in [3.8, 4) is 5.75 Å². The number of rotatable bonds is 10. The Morgan fingerprint density at radius 1 is 1.23 bits per heavy atom. The Balaban J connectivity index is 3.06. The molecule has 0 unspecified atom stereocenters. The molecule has 0 spiro atoms. The van der Waals surface area contributed by atoms with Crippen molar-refractivity contribution in [2.45, 2.75) is 53.1 Å². The maximum Gasteiger partial charge on any atom is 0.341 e. The van der Waals surface area contributed by atoms with Crippen molar-refractivity contribution in [1.82, 2.24) is 0 Å². The van der Waals surface area contributed by atoms with E-state index in [2.05, 4.69) is 5.32 Å². The average Bonchev–Trinajstić information content (AvgIpc) is 2.60. The van der Waals surface area contributed by atoms with Crippen LogP contribution in [0.1, 0.15) is 57.8 Å². The second-order valence-electron chi connectivity index (χ2n) is 6.78. The summed E-state index contributed by atoms with van der Waals surface area (Å²) in [6.07, 6.45) is 1.42. The summed E-state index contributed by atoms with van der Waals surface area (Å²) in [6, 6.07) is 4.94. The smallest absolute Gasteiger partial charge is 0.341 e. The third-order valence-electron chi connectivity index (χ3n) is 3.89. The van der Waals surface area contributed by atoms with Gasteiger partial charge in [-0.05, 0) is 44.4 Å². The number of carbonyl (C=O) groups is 2. The minimum atomic E-state index is -0.915. The molecule has 6 nitrogen and oxygen atoms in total. The van der Waals surface area contributed by atoms with Crippen molar-refractivity contribution in [3.05, 3.63) is 23.8 Å². The maximum atomic E-state index is 12.7. The number of hydrogen-bond acceptors (Lipinski definition) is 5. The van der Waals surface area contributed by atoms with Crippen LogP contribution in [0, 0.1) is 5.92 Å². The molecule has 0 fully saturated rings. The van der Waals surface area contributed by atoms with E-state index < -0.39 is 11.6 Å². The lowest BCUT2D eigenvalue weighted by atomic mass is 9.99. The molecule has 0 aliphatic heterocycles. The summed E-state index contributed by atoms with van der Waals surface area (Å²) in [7, 11) is 1.31. The molecule has 1 amide bonds. The van der Waals surface area contributed by atoms with E-state index in [1.165, 1.54) is 7.11 Å². The molecule has 6 heteroatoms. The van der Waals surface area contributed by atoms with Crippen molar-refractivity contribution in [2.24, 2.45) is 5.92 Å². The Morgan fingerprint density at radius 2 is 1.92 bits per heavy atom. The summed E-state index contributed by atoms with van der Waals surface area (Å²) in [6.45, 7) is 10.6. The first kappa shape index (κ1) is 22.0. The first-order valence-electron chi connectivity index (χ1n) is 9.07. The Kier molecular flexibility index (Phi) is 8.58. The Bertz CT molecular complexity index is 606. The molecule has 146 valence electrons. The Hall–Kier alpha value is -2.08. The van der Waals surface area contributed by atoms with Crippen LogP contribution in [0.15, 0.2) is 18.2 Å². The SMILES string of the molecule is CCC[C@](C)(OCC)C(=O)Nc1ccc(OCC(C)C)c(C(=O)OC)c1. The van der Waals surface area contributed by atoms with Crippen molar-refractivity contribution < 1.29 is 23.8 Å². The van der Waals surface area contributed by atoms with Crippen LogP contribution in [-0.2, 0) is 14.3 Å². The molecule has 26 heavy (non-hydrogen) atoms. The number of nitrogens with one attached hydrogen (secondary N) is 1. The predicted octanol–water partition coefficient (Wildman–Crippen LogP) is 4.04. The molecule has 1 atom stereocenters. The molecule has 0 aliphatic rings. The predicted molar refractivity (Wildman–Crippen MR) is 102 cm³/mol. The van der Waals surface area contributed by atoms with Crippen LogP contribution in [-0.4, -0.2) is 37.8 Å². The third-order valence-corrected chi connectivity index (χ3v) is 3.89. The lowest BCUT2D eigenvalue weighted by Crippen LogP contribution is -2.42. The van der Waals surface area contributed by atoms with Gasteiger partial charge in [-0.3, -0.25) is 4.79 Å². The van der Waals surface area contributed by atoms with Gasteiger partial charge in [0, 0.05) is 12.3 Å². The summed E-state index contributed by atoms with van der Waals surface area (Å²) in [4.78, 5) is 24.8. The molecule has 0 bridgehead atoms. The van der Waals surface area contributed by atoms with Gasteiger partial charge in [-0.15, -0.1) is 0 Å². The Labute approximate surface area is 156 Å². The first-order chi connectivity index (χ1) is 12.3. The van der Waals surface area contributed by atoms with E-state index >= 15 is 0 Å². The molecule has 0 saturated carbocycles.